The molecule has 0 radical (unpaired) electrons. The molecule has 0 spiro atoms. The molecule has 0 aliphatic heterocycles. The summed E-state index contributed by atoms with van der Waals surface area (Å²) in [5.41, 5.74) is 3.52. The van der Waals surface area contributed by atoms with Gasteiger partial charge in [0.15, 0.2) is 0 Å². The Balaban J connectivity index is 1.91. The van der Waals surface area contributed by atoms with Gasteiger partial charge in [0.1, 0.15) is 0 Å². The summed E-state index contributed by atoms with van der Waals surface area (Å²) in [5.74, 6) is 1.15. The van der Waals surface area contributed by atoms with Crippen LogP contribution in [-0.2, 0) is 5.41 Å². The molecule has 0 bridgehead atoms. The highest BCUT2D eigenvalue weighted by Gasteiger charge is 2.46. The largest absolute Gasteiger partial charge is 0.125 e. The van der Waals surface area contributed by atoms with Crippen molar-refractivity contribution in [3.05, 3.63) is 65.7 Å². The summed E-state index contributed by atoms with van der Waals surface area (Å²) in [6, 6.07) is 20.0. The Morgan fingerprint density at radius 3 is 2.22 bits per heavy atom. The summed E-state index contributed by atoms with van der Waals surface area (Å²) in [6.45, 7) is 7.24. The summed E-state index contributed by atoms with van der Waals surface area (Å²) in [5, 5.41) is 0. The molecule has 0 aromatic heterocycles. The molecule has 3 rings (SSSR count). The van der Waals surface area contributed by atoms with Gasteiger partial charge in [-0.3, -0.25) is 0 Å². The van der Waals surface area contributed by atoms with Gasteiger partial charge in [0.25, 0.3) is 0 Å². The van der Waals surface area contributed by atoms with Gasteiger partial charge in [-0.15, -0.1) is 11.8 Å². The van der Waals surface area contributed by atoms with E-state index in [9.17, 15) is 0 Å². The van der Waals surface area contributed by atoms with Crippen LogP contribution >= 0.6 is 11.8 Å². The maximum atomic E-state index is 2.52. The van der Waals surface area contributed by atoms with E-state index in [4.69, 9.17) is 0 Å². The van der Waals surface area contributed by atoms with Crippen LogP contribution in [0, 0.1) is 12.3 Å². The zero-order valence-electron chi connectivity index (χ0n) is 14.6. The van der Waals surface area contributed by atoms with Gasteiger partial charge in [-0.25, -0.2) is 0 Å². The molecular formula is C22H28S. The Morgan fingerprint density at radius 1 is 0.957 bits per heavy atom. The van der Waals surface area contributed by atoms with Crippen molar-refractivity contribution in [1.29, 1.82) is 0 Å². The lowest BCUT2D eigenvalue weighted by Gasteiger charge is -2.45. The monoisotopic (exact) mass is 324 g/mol. The van der Waals surface area contributed by atoms with Crippen LogP contribution in [0.5, 0.6) is 0 Å². The SMILES string of the molecule is Cc1ccccc1SCC(C)(c1ccccc1)C1(C)CCCC1. The van der Waals surface area contributed by atoms with Crippen LogP contribution in [0.4, 0.5) is 0 Å². The first-order chi connectivity index (χ1) is 11.1. The number of hydrogen-bond acceptors (Lipinski definition) is 1. The highest BCUT2D eigenvalue weighted by molar-refractivity contribution is 7.99. The van der Waals surface area contributed by atoms with Crippen LogP contribution in [0.1, 0.15) is 50.7 Å². The second kappa shape index (κ2) is 6.73. The van der Waals surface area contributed by atoms with E-state index in [2.05, 4.69) is 75.4 Å². The molecule has 1 unspecified atom stereocenters. The first-order valence-electron chi connectivity index (χ1n) is 8.79. The Labute approximate surface area is 145 Å². The summed E-state index contributed by atoms with van der Waals surface area (Å²) < 4.78 is 0. The Hall–Kier alpha value is -1.21. The summed E-state index contributed by atoms with van der Waals surface area (Å²) in [7, 11) is 0. The highest BCUT2D eigenvalue weighted by atomic mass is 32.2. The third-order valence-electron chi connectivity index (χ3n) is 6.06. The fourth-order valence-corrected chi connectivity index (χ4v) is 5.49. The highest BCUT2D eigenvalue weighted by Crippen LogP contribution is 2.54. The molecule has 2 aromatic carbocycles. The van der Waals surface area contributed by atoms with E-state index in [0.717, 1.165) is 5.75 Å². The molecule has 1 heteroatoms. The number of thioether (sulfide) groups is 1. The molecule has 1 fully saturated rings. The number of aryl methyl sites for hydroxylation is 1. The van der Waals surface area contributed by atoms with Gasteiger partial charge in [0.2, 0.25) is 0 Å². The van der Waals surface area contributed by atoms with E-state index in [-0.39, 0.29) is 5.41 Å². The Kier molecular flexibility index (Phi) is 4.87. The van der Waals surface area contributed by atoms with Crippen LogP contribution in [0.25, 0.3) is 0 Å². The van der Waals surface area contributed by atoms with Crippen molar-refractivity contribution in [3.8, 4) is 0 Å². The zero-order valence-corrected chi connectivity index (χ0v) is 15.5. The van der Waals surface area contributed by atoms with Crippen LogP contribution in [0.2, 0.25) is 0 Å². The lowest BCUT2D eigenvalue weighted by molar-refractivity contribution is 0.183. The van der Waals surface area contributed by atoms with E-state index in [1.54, 1.807) is 0 Å². The number of hydrogen-bond donors (Lipinski definition) is 0. The fourth-order valence-electron chi connectivity index (χ4n) is 4.06. The Morgan fingerprint density at radius 2 is 1.57 bits per heavy atom. The van der Waals surface area contributed by atoms with Gasteiger partial charge in [-0.05, 0) is 42.4 Å². The van der Waals surface area contributed by atoms with E-state index < -0.39 is 0 Å². The van der Waals surface area contributed by atoms with Crippen molar-refractivity contribution >= 4 is 11.8 Å². The molecular weight excluding hydrogens is 296 g/mol. The minimum atomic E-state index is 0.220. The van der Waals surface area contributed by atoms with Gasteiger partial charge in [-0.2, -0.15) is 0 Å². The number of rotatable bonds is 5. The van der Waals surface area contributed by atoms with Gasteiger partial charge >= 0.3 is 0 Å². The van der Waals surface area contributed by atoms with Crippen molar-refractivity contribution in [3.63, 3.8) is 0 Å². The van der Waals surface area contributed by atoms with E-state index >= 15 is 0 Å². The first-order valence-corrected chi connectivity index (χ1v) is 9.78. The van der Waals surface area contributed by atoms with Gasteiger partial charge < -0.3 is 0 Å². The molecule has 0 nitrogen and oxygen atoms in total. The zero-order chi connectivity index (χ0) is 16.3. The minimum absolute atomic E-state index is 0.220. The maximum absolute atomic E-state index is 2.52. The summed E-state index contributed by atoms with van der Waals surface area (Å²) >= 11 is 2.03. The second-order valence-corrected chi connectivity index (χ2v) is 8.54. The average molecular weight is 325 g/mol. The molecule has 1 atom stereocenters. The molecule has 0 N–H and O–H groups in total. The van der Waals surface area contributed by atoms with Crippen LogP contribution in [0.15, 0.2) is 59.5 Å². The molecule has 1 aliphatic carbocycles. The predicted molar refractivity (Wildman–Crippen MR) is 102 cm³/mol. The van der Waals surface area contributed by atoms with Gasteiger partial charge in [-0.1, -0.05) is 75.2 Å². The lowest BCUT2D eigenvalue weighted by Crippen LogP contribution is -2.42. The van der Waals surface area contributed by atoms with E-state index in [1.165, 1.54) is 41.7 Å². The second-order valence-electron chi connectivity index (χ2n) is 7.52. The van der Waals surface area contributed by atoms with Crippen molar-refractivity contribution in [2.75, 3.05) is 5.75 Å². The summed E-state index contributed by atoms with van der Waals surface area (Å²) in [6.07, 6.45) is 5.47. The van der Waals surface area contributed by atoms with Crippen molar-refractivity contribution in [2.24, 2.45) is 5.41 Å². The first kappa shape index (κ1) is 16.6. The maximum Gasteiger partial charge on any atom is 0.0101 e. The van der Waals surface area contributed by atoms with Crippen molar-refractivity contribution in [1.82, 2.24) is 0 Å². The normalized spacial score (nSPS) is 19.4. The fraction of sp³-hybridized carbons (Fsp3) is 0.455. The van der Waals surface area contributed by atoms with Crippen LogP contribution < -0.4 is 0 Å². The van der Waals surface area contributed by atoms with E-state index in [0.29, 0.717) is 5.41 Å². The van der Waals surface area contributed by atoms with Gasteiger partial charge in [0, 0.05) is 16.1 Å². The third kappa shape index (κ3) is 3.21. The molecule has 1 saturated carbocycles. The molecule has 0 saturated heterocycles. The Bertz CT molecular complexity index is 640. The smallest absolute Gasteiger partial charge is 0.0101 e. The molecule has 2 aromatic rings. The molecule has 1 aliphatic rings. The molecule has 0 amide bonds. The number of benzene rings is 2. The van der Waals surface area contributed by atoms with Crippen molar-refractivity contribution < 1.29 is 0 Å². The quantitative estimate of drug-likeness (QED) is 0.556. The summed E-state index contributed by atoms with van der Waals surface area (Å²) in [4.78, 5) is 1.43. The minimum Gasteiger partial charge on any atom is -0.125 e. The van der Waals surface area contributed by atoms with E-state index in [1.807, 2.05) is 11.8 Å². The molecule has 0 heterocycles. The van der Waals surface area contributed by atoms with Crippen molar-refractivity contribution in [2.45, 2.75) is 56.8 Å². The molecule has 122 valence electrons. The van der Waals surface area contributed by atoms with Crippen LogP contribution in [-0.4, -0.2) is 5.75 Å². The third-order valence-corrected chi connectivity index (χ3v) is 7.55. The lowest BCUT2D eigenvalue weighted by atomic mass is 9.62. The average Bonchev–Trinajstić information content (AvgIpc) is 3.03. The van der Waals surface area contributed by atoms with Crippen LogP contribution in [0.3, 0.4) is 0 Å². The predicted octanol–water partition coefficient (Wildman–Crippen LogP) is 6.63. The standard InChI is InChI=1S/C22H28S/c1-18-11-7-8-14-20(18)23-17-22(3,19-12-5-4-6-13-19)21(2)15-9-10-16-21/h4-8,11-14H,9-10,15-17H2,1-3H3. The topological polar surface area (TPSA) is 0 Å². The molecule has 23 heavy (non-hydrogen) atoms. The van der Waals surface area contributed by atoms with Gasteiger partial charge in [0.05, 0.1) is 0 Å².